The lowest BCUT2D eigenvalue weighted by molar-refractivity contribution is 0.0123. The van der Waals surface area contributed by atoms with Crippen LogP contribution in [-0.2, 0) is 9.57 Å². The summed E-state index contributed by atoms with van der Waals surface area (Å²) in [6.45, 7) is 4.52. The van der Waals surface area contributed by atoms with Crippen molar-refractivity contribution in [2.75, 3.05) is 6.54 Å². The Kier molecular flexibility index (Phi) is 2.02. The number of nitrogens with zero attached hydrogens (tertiary/aromatic N) is 1. The molecule has 14 heavy (non-hydrogen) atoms. The Bertz CT molecular complexity index is 310. The number of nitrogens with two attached hydrogens (primary N) is 1. The first kappa shape index (κ1) is 9.82. The summed E-state index contributed by atoms with van der Waals surface area (Å²) in [5, 5.41) is 7.05. The summed E-state index contributed by atoms with van der Waals surface area (Å²) in [4.78, 5) is 5.13. The van der Waals surface area contributed by atoms with Crippen molar-refractivity contribution >= 4 is 23.2 Å². The van der Waals surface area contributed by atoms with Gasteiger partial charge in [0.15, 0.2) is 0 Å². The van der Waals surface area contributed by atoms with Crippen molar-refractivity contribution in [1.82, 2.24) is 5.32 Å². The third-order valence-corrected chi connectivity index (χ3v) is 2.55. The zero-order valence-corrected chi connectivity index (χ0v) is 8.98. The second kappa shape index (κ2) is 2.88. The first-order chi connectivity index (χ1) is 6.41. The van der Waals surface area contributed by atoms with E-state index in [1.54, 1.807) is 0 Å². The summed E-state index contributed by atoms with van der Waals surface area (Å²) in [5.41, 5.74) is 4.83. The van der Waals surface area contributed by atoms with Gasteiger partial charge in [-0.3, -0.25) is 5.32 Å². The molecule has 1 unspecified atom stereocenters. The molecule has 2 aliphatic heterocycles. The molecule has 1 atom stereocenters. The molecular formula is C8H13N3O2S. The van der Waals surface area contributed by atoms with E-state index >= 15 is 0 Å². The number of rotatable bonds is 1. The molecule has 5 nitrogen and oxygen atoms in total. The van der Waals surface area contributed by atoms with Crippen LogP contribution < -0.4 is 11.1 Å². The number of nitrogens with one attached hydrogen (secondary N) is 1. The topological polar surface area (TPSA) is 78.8 Å². The van der Waals surface area contributed by atoms with E-state index in [0.29, 0.717) is 23.9 Å². The Morgan fingerprint density at radius 3 is 2.79 bits per heavy atom. The van der Waals surface area contributed by atoms with Crippen molar-refractivity contribution in [2.24, 2.45) is 10.9 Å². The van der Waals surface area contributed by atoms with E-state index in [-0.39, 0.29) is 5.60 Å². The predicted molar refractivity (Wildman–Crippen MR) is 55.8 cm³/mol. The van der Waals surface area contributed by atoms with E-state index in [2.05, 4.69) is 10.5 Å². The van der Waals surface area contributed by atoms with Crippen LogP contribution in [-0.4, -0.2) is 28.8 Å². The van der Waals surface area contributed by atoms with Gasteiger partial charge in [-0.1, -0.05) is 5.16 Å². The van der Waals surface area contributed by atoms with Gasteiger partial charge in [0.1, 0.15) is 11.3 Å². The third kappa shape index (κ3) is 1.87. The van der Waals surface area contributed by atoms with Crippen LogP contribution in [0, 0.1) is 0 Å². The molecule has 1 fully saturated rings. The van der Waals surface area contributed by atoms with Gasteiger partial charge in [-0.15, -0.1) is 0 Å². The molecule has 0 spiro atoms. The van der Waals surface area contributed by atoms with E-state index in [4.69, 9.17) is 27.5 Å². The van der Waals surface area contributed by atoms with Gasteiger partial charge < -0.3 is 15.3 Å². The van der Waals surface area contributed by atoms with Crippen LogP contribution in [0.5, 0.6) is 0 Å². The molecule has 0 radical (unpaired) electrons. The molecule has 0 aliphatic carbocycles. The number of ether oxygens (including phenoxy) is 1. The van der Waals surface area contributed by atoms with Gasteiger partial charge in [0.25, 0.3) is 0 Å². The molecule has 3 N–H and O–H groups in total. The van der Waals surface area contributed by atoms with E-state index < -0.39 is 5.66 Å². The lowest BCUT2D eigenvalue weighted by Crippen LogP contribution is -2.39. The number of thiocarbonyl (C=S) groups is 1. The van der Waals surface area contributed by atoms with Gasteiger partial charge in [0.2, 0.25) is 10.9 Å². The van der Waals surface area contributed by atoms with Gasteiger partial charge in [-0.05, 0) is 26.1 Å². The highest BCUT2D eigenvalue weighted by molar-refractivity contribution is 7.80. The molecule has 2 rings (SSSR count). The van der Waals surface area contributed by atoms with Crippen molar-refractivity contribution in [1.29, 1.82) is 0 Å². The summed E-state index contributed by atoms with van der Waals surface area (Å²) in [7, 11) is 0. The second-order valence-corrected chi connectivity index (χ2v) is 4.60. The number of hydrogen-bond acceptors (Lipinski definition) is 6. The monoisotopic (exact) mass is 215 g/mol. The van der Waals surface area contributed by atoms with Crippen molar-refractivity contribution in [2.45, 2.75) is 31.5 Å². The van der Waals surface area contributed by atoms with Crippen LogP contribution in [0.3, 0.4) is 0 Å². The highest BCUT2D eigenvalue weighted by Crippen LogP contribution is 2.24. The summed E-state index contributed by atoms with van der Waals surface area (Å²) in [6.07, 6.45) is 0.614. The van der Waals surface area contributed by atoms with Crippen LogP contribution in [0.2, 0.25) is 0 Å². The van der Waals surface area contributed by atoms with Crippen molar-refractivity contribution in [3.63, 3.8) is 0 Å². The molecule has 0 saturated carbocycles. The normalized spacial score (nSPS) is 33.2. The first-order valence-electron chi connectivity index (χ1n) is 4.43. The average molecular weight is 215 g/mol. The minimum Gasteiger partial charge on any atom is -0.429 e. The molecule has 6 heteroatoms. The molecule has 0 aromatic rings. The Labute approximate surface area is 87.6 Å². The van der Waals surface area contributed by atoms with Gasteiger partial charge >= 0.3 is 0 Å². The lowest BCUT2D eigenvalue weighted by Gasteiger charge is -2.13. The molecule has 0 amide bonds. The highest BCUT2D eigenvalue weighted by atomic mass is 32.1. The maximum atomic E-state index is 5.76. The summed E-state index contributed by atoms with van der Waals surface area (Å²) in [5.74, 6) is 0.499. The molecular weight excluding hydrogens is 202 g/mol. The number of oxime groups is 1. The van der Waals surface area contributed by atoms with Gasteiger partial charge in [0, 0.05) is 6.54 Å². The second-order valence-electron chi connectivity index (χ2n) is 4.23. The SMILES string of the molecule is CC1(C)CC(OC(=S)C2(N)CN2)=NO1. The molecule has 0 bridgehead atoms. The summed E-state index contributed by atoms with van der Waals surface area (Å²) < 4.78 is 5.34. The van der Waals surface area contributed by atoms with E-state index in [9.17, 15) is 0 Å². The van der Waals surface area contributed by atoms with Crippen LogP contribution in [0.1, 0.15) is 20.3 Å². The summed E-state index contributed by atoms with van der Waals surface area (Å²) in [6, 6.07) is 0. The van der Waals surface area contributed by atoms with E-state index in [1.807, 2.05) is 13.8 Å². The quantitative estimate of drug-likeness (QED) is 0.479. The fraction of sp³-hybridized carbons (Fsp3) is 0.750. The van der Waals surface area contributed by atoms with Crippen molar-refractivity contribution in [3.8, 4) is 0 Å². The van der Waals surface area contributed by atoms with Crippen molar-refractivity contribution < 1.29 is 9.57 Å². The zero-order valence-electron chi connectivity index (χ0n) is 8.16. The fourth-order valence-corrected chi connectivity index (χ4v) is 1.34. The smallest absolute Gasteiger partial charge is 0.236 e. The van der Waals surface area contributed by atoms with Crippen molar-refractivity contribution in [3.05, 3.63) is 0 Å². The predicted octanol–water partition coefficient (Wildman–Crippen LogP) is 0.101. The minimum absolute atomic E-state index is 0.302. The molecule has 0 aromatic carbocycles. The molecule has 1 saturated heterocycles. The lowest BCUT2D eigenvalue weighted by atomic mass is 10.1. The Morgan fingerprint density at radius 1 is 1.71 bits per heavy atom. The fourth-order valence-electron chi connectivity index (χ4n) is 1.10. The standard InChI is InChI=1S/C8H13N3O2S/c1-7(2)3-5(11-13-7)12-6(14)8(9)4-10-8/h10H,3-4,9H2,1-2H3. The maximum Gasteiger partial charge on any atom is 0.236 e. The largest absolute Gasteiger partial charge is 0.429 e. The van der Waals surface area contributed by atoms with Crippen LogP contribution in [0.4, 0.5) is 0 Å². The Morgan fingerprint density at radius 2 is 2.36 bits per heavy atom. The Hall–Kier alpha value is -0.720. The third-order valence-electron chi connectivity index (χ3n) is 2.10. The average Bonchev–Trinajstić information content (AvgIpc) is 2.72. The highest BCUT2D eigenvalue weighted by Gasteiger charge is 2.45. The zero-order chi connectivity index (χ0) is 10.4. The van der Waals surface area contributed by atoms with Crippen LogP contribution in [0.15, 0.2) is 5.16 Å². The minimum atomic E-state index is -0.634. The number of hydrogen-bond donors (Lipinski definition) is 2. The van der Waals surface area contributed by atoms with Gasteiger partial charge in [0.05, 0.1) is 6.42 Å². The van der Waals surface area contributed by atoms with E-state index in [0.717, 1.165) is 0 Å². The Balaban J connectivity index is 1.91. The first-order valence-corrected chi connectivity index (χ1v) is 4.83. The molecule has 78 valence electrons. The van der Waals surface area contributed by atoms with Crippen LogP contribution in [0.25, 0.3) is 0 Å². The molecule has 0 aromatic heterocycles. The summed E-state index contributed by atoms with van der Waals surface area (Å²) >= 11 is 5.02. The van der Waals surface area contributed by atoms with Gasteiger partial charge in [-0.2, -0.15) is 0 Å². The molecule has 2 heterocycles. The maximum absolute atomic E-state index is 5.76. The van der Waals surface area contributed by atoms with E-state index in [1.165, 1.54) is 0 Å². The van der Waals surface area contributed by atoms with Crippen LogP contribution >= 0.6 is 12.2 Å². The van der Waals surface area contributed by atoms with Gasteiger partial charge in [-0.25, -0.2) is 0 Å². The molecule has 2 aliphatic rings.